The Balaban J connectivity index is 2.25. The molecule has 4 nitrogen and oxygen atoms in total. The average Bonchev–Trinajstić information content (AvgIpc) is 2.37. The molecule has 0 saturated carbocycles. The van der Waals surface area contributed by atoms with Gasteiger partial charge >= 0.3 is 0 Å². The minimum absolute atomic E-state index is 0.241. The summed E-state index contributed by atoms with van der Waals surface area (Å²) in [5, 5.41) is 2.85. The highest BCUT2D eigenvalue weighted by Crippen LogP contribution is 2.20. The van der Waals surface area contributed by atoms with Crippen molar-refractivity contribution in [2.24, 2.45) is 0 Å². The summed E-state index contributed by atoms with van der Waals surface area (Å²) >= 11 is 0. The number of carbonyl (C=O) groups excluding carboxylic acids is 1. The molecule has 4 heteroatoms. The van der Waals surface area contributed by atoms with Gasteiger partial charge in [0.15, 0.2) is 0 Å². The standard InChI is InChI=1S/C14H15N3O/c1-9-6-11(3)12(7-10(9)2)17-14(18)13-8-15-4-5-16-13/h4-8H,1-3H3,(H,17,18). The SMILES string of the molecule is Cc1cc(C)c(NC(=O)c2cnccn2)cc1C. The van der Waals surface area contributed by atoms with E-state index in [4.69, 9.17) is 0 Å². The molecule has 92 valence electrons. The third-order valence-electron chi connectivity index (χ3n) is 2.88. The van der Waals surface area contributed by atoms with Crippen molar-refractivity contribution in [3.63, 3.8) is 0 Å². The Kier molecular flexibility index (Phi) is 3.37. The quantitative estimate of drug-likeness (QED) is 0.879. The minimum atomic E-state index is -0.241. The molecule has 1 aromatic carbocycles. The molecule has 0 spiro atoms. The lowest BCUT2D eigenvalue weighted by Crippen LogP contribution is -2.14. The normalized spacial score (nSPS) is 10.2. The van der Waals surface area contributed by atoms with E-state index < -0.39 is 0 Å². The Bertz CT molecular complexity index is 579. The number of hydrogen-bond donors (Lipinski definition) is 1. The molecule has 0 fully saturated rings. The van der Waals surface area contributed by atoms with E-state index in [1.165, 1.54) is 24.2 Å². The summed E-state index contributed by atoms with van der Waals surface area (Å²) in [4.78, 5) is 19.8. The Morgan fingerprint density at radius 3 is 2.44 bits per heavy atom. The molecule has 0 bridgehead atoms. The maximum absolute atomic E-state index is 11.9. The van der Waals surface area contributed by atoms with Gasteiger partial charge in [-0.1, -0.05) is 6.07 Å². The number of hydrogen-bond acceptors (Lipinski definition) is 3. The number of carbonyl (C=O) groups is 1. The number of rotatable bonds is 2. The van der Waals surface area contributed by atoms with Gasteiger partial charge in [-0.2, -0.15) is 0 Å². The van der Waals surface area contributed by atoms with Crippen molar-refractivity contribution in [2.45, 2.75) is 20.8 Å². The molecule has 1 heterocycles. The second-order valence-electron chi connectivity index (χ2n) is 4.30. The molecule has 0 radical (unpaired) electrons. The first-order chi connectivity index (χ1) is 8.58. The maximum atomic E-state index is 11.9. The summed E-state index contributed by atoms with van der Waals surface area (Å²) in [6.45, 7) is 6.04. The van der Waals surface area contributed by atoms with Gasteiger partial charge in [0, 0.05) is 18.1 Å². The van der Waals surface area contributed by atoms with Crippen molar-refractivity contribution in [3.05, 3.63) is 53.1 Å². The van der Waals surface area contributed by atoms with Crippen LogP contribution in [0, 0.1) is 20.8 Å². The molecule has 0 unspecified atom stereocenters. The van der Waals surface area contributed by atoms with E-state index in [0.29, 0.717) is 5.69 Å². The number of nitrogens with one attached hydrogen (secondary N) is 1. The summed E-state index contributed by atoms with van der Waals surface area (Å²) in [6, 6.07) is 4.03. The van der Waals surface area contributed by atoms with Gasteiger partial charge in [-0.15, -0.1) is 0 Å². The second kappa shape index (κ2) is 4.96. The molecule has 0 aliphatic rings. The molecule has 0 aliphatic carbocycles. The fraction of sp³-hybridized carbons (Fsp3) is 0.214. The third kappa shape index (κ3) is 2.53. The van der Waals surface area contributed by atoms with Crippen LogP contribution in [-0.2, 0) is 0 Å². The molecule has 1 aromatic heterocycles. The molecule has 2 rings (SSSR count). The highest BCUT2D eigenvalue weighted by atomic mass is 16.1. The van der Waals surface area contributed by atoms with Crippen LogP contribution in [0.3, 0.4) is 0 Å². The predicted octanol–water partition coefficient (Wildman–Crippen LogP) is 2.65. The molecular formula is C14H15N3O. The van der Waals surface area contributed by atoms with Gasteiger partial charge in [-0.25, -0.2) is 4.98 Å². The first-order valence-electron chi connectivity index (χ1n) is 5.73. The van der Waals surface area contributed by atoms with Crippen LogP contribution in [-0.4, -0.2) is 15.9 Å². The van der Waals surface area contributed by atoms with Crippen molar-refractivity contribution in [1.29, 1.82) is 0 Å². The summed E-state index contributed by atoms with van der Waals surface area (Å²) in [6.07, 6.45) is 4.49. The Labute approximate surface area is 106 Å². The van der Waals surface area contributed by atoms with Crippen molar-refractivity contribution in [2.75, 3.05) is 5.32 Å². The third-order valence-corrected chi connectivity index (χ3v) is 2.88. The van der Waals surface area contributed by atoms with E-state index in [9.17, 15) is 4.79 Å². The molecule has 1 N–H and O–H groups in total. The largest absolute Gasteiger partial charge is 0.320 e. The second-order valence-corrected chi connectivity index (χ2v) is 4.30. The molecule has 0 saturated heterocycles. The van der Waals surface area contributed by atoms with Gasteiger partial charge < -0.3 is 5.32 Å². The van der Waals surface area contributed by atoms with Gasteiger partial charge in [0.25, 0.3) is 5.91 Å². The predicted molar refractivity (Wildman–Crippen MR) is 70.6 cm³/mol. The summed E-state index contributed by atoms with van der Waals surface area (Å²) in [5.74, 6) is -0.241. The van der Waals surface area contributed by atoms with Crippen molar-refractivity contribution >= 4 is 11.6 Å². The highest BCUT2D eigenvalue weighted by Gasteiger charge is 2.09. The Hall–Kier alpha value is -2.23. The number of amides is 1. The lowest BCUT2D eigenvalue weighted by molar-refractivity contribution is 0.102. The zero-order chi connectivity index (χ0) is 13.1. The fourth-order valence-corrected chi connectivity index (χ4v) is 1.70. The monoisotopic (exact) mass is 241 g/mol. The topological polar surface area (TPSA) is 54.9 Å². The van der Waals surface area contributed by atoms with E-state index in [0.717, 1.165) is 16.8 Å². The van der Waals surface area contributed by atoms with Crippen LogP contribution >= 0.6 is 0 Å². The van der Waals surface area contributed by atoms with Crippen LogP contribution in [0.4, 0.5) is 5.69 Å². The van der Waals surface area contributed by atoms with Crippen molar-refractivity contribution in [1.82, 2.24) is 9.97 Å². The Morgan fingerprint density at radius 1 is 1.06 bits per heavy atom. The van der Waals surface area contributed by atoms with Crippen LogP contribution in [0.15, 0.2) is 30.7 Å². The van der Waals surface area contributed by atoms with Gasteiger partial charge in [-0.05, 0) is 43.5 Å². The van der Waals surface area contributed by atoms with Gasteiger partial charge in [-0.3, -0.25) is 9.78 Å². The van der Waals surface area contributed by atoms with E-state index in [1.54, 1.807) is 0 Å². The molecular weight excluding hydrogens is 226 g/mol. The molecule has 0 aliphatic heterocycles. The minimum Gasteiger partial charge on any atom is -0.320 e. The molecule has 18 heavy (non-hydrogen) atoms. The molecule has 2 aromatic rings. The van der Waals surface area contributed by atoms with Gasteiger partial charge in [0.05, 0.1) is 6.20 Å². The fourth-order valence-electron chi connectivity index (χ4n) is 1.70. The molecule has 1 amide bonds. The summed E-state index contributed by atoms with van der Waals surface area (Å²) < 4.78 is 0. The van der Waals surface area contributed by atoms with Crippen LogP contribution in [0.1, 0.15) is 27.2 Å². The molecule has 0 atom stereocenters. The highest BCUT2D eigenvalue weighted by molar-refractivity contribution is 6.03. The lowest BCUT2D eigenvalue weighted by atomic mass is 10.0. The zero-order valence-electron chi connectivity index (χ0n) is 10.7. The van der Waals surface area contributed by atoms with E-state index in [-0.39, 0.29) is 5.91 Å². The van der Waals surface area contributed by atoms with Crippen molar-refractivity contribution < 1.29 is 4.79 Å². The van der Waals surface area contributed by atoms with E-state index >= 15 is 0 Å². The Morgan fingerprint density at radius 2 is 1.78 bits per heavy atom. The van der Waals surface area contributed by atoms with Gasteiger partial charge in [0.1, 0.15) is 5.69 Å². The van der Waals surface area contributed by atoms with E-state index in [2.05, 4.69) is 28.3 Å². The zero-order valence-corrected chi connectivity index (χ0v) is 10.7. The van der Waals surface area contributed by atoms with Crippen molar-refractivity contribution in [3.8, 4) is 0 Å². The maximum Gasteiger partial charge on any atom is 0.275 e. The number of anilines is 1. The van der Waals surface area contributed by atoms with Crippen LogP contribution in [0.25, 0.3) is 0 Å². The van der Waals surface area contributed by atoms with Crippen LogP contribution in [0.5, 0.6) is 0 Å². The smallest absolute Gasteiger partial charge is 0.275 e. The number of aromatic nitrogens is 2. The van der Waals surface area contributed by atoms with Crippen LogP contribution in [0.2, 0.25) is 0 Å². The number of benzene rings is 1. The lowest BCUT2D eigenvalue weighted by Gasteiger charge is -2.10. The summed E-state index contributed by atoms with van der Waals surface area (Å²) in [5.41, 5.74) is 4.53. The van der Waals surface area contributed by atoms with E-state index in [1.807, 2.05) is 19.9 Å². The first kappa shape index (κ1) is 12.2. The average molecular weight is 241 g/mol. The first-order valence-corrected chi connectivity index (χ1v) is 5.73. The van der Waals surface area contributed by atoms with Crippen LogP contribution < -0.4 is 5.32 Å². The summed E-state index contributed by atoms with van der Waals surface area (Å²) in [7, 11) is 0. The number of aryl methyl sites for hydroxylation is 3. The van der Waals surface area contributed by atoms with Gasteiger partial charge in [0.2, 0.25) is 0 Å². The number of nitrogens with zero attached hydrogens (tertiary/aromatic N) is 2.